The molecule has 0 fully saturated rings. The van der Waals surface area contributed by atoms with E-state index in [1.54, 1.807) is 0 Å². The maximum absolute atomic E-state index is 4.42. The zero-order chi connectivity index (χ0) is 10.6. The standard InChI is InChI=1S/C11H21N3/c1-5-9(3)14-10(4)11(8-13-14)7-12-6-2/h8-9,12H,5-7H2,1-4H3. The lowest BCUT2D eigenvalue weighted by Gasteiger charge is -2.12. The predicted molar refractivity (Wildman–Crippen MR) is 59.3 cm³/mol. The second-order valence-electron chi connectivity index (χ2n) is 3.74. The molecule has 0 amide bonds. The van der Waals surface area contributed by atoms with Crippen LogP contribution in [0.2, 0.25) is 0 Å². The van der Waals surface area contributed by atoms with Gasteiger partial charge in [-0.1, -0.05) is 13.8 Å². The van der Waals surface area contributed by atoms with Crippen LogP contribution in [0.4, 0.5) is 0 Å². The summed E-state index contributed by atoms with van der Waals surface area (Å²) in [6.07, 6.45) is 3.10. The van der Waals surface area contributed by atoms with E-state index in [4.69, 9.17) is 0 Å². The van der Waals surface area contributed by atoms with Crippen LogP contribution >= 0.6 is 0 Å². The van der Waals surface area contributed by atoms with Crippen LogP contribution in [0.1, 0.15) is 44.5 Å². The van der Waals surface area contributed by atoms with Crippen molar-refractivity contribution in [3.8, 4) is 0 Å². The van der Waals surface area contributed by atoms with Crippen LogP contribution in [0, 0.1) is 6.92 Å². The summed E-state index contributed by atoms with van der Waals surface area (Å²) in [5.74, 6) is 0. The minimum atomic E-state index is 0.505. The number of nitrogens with zero attached hydrogens (tertiary/aromatic N) is 2. The van der Waals surface area contributed by atoms with Crippen molar-refractivity contribution in [1.82, 2.24) is 15.1 Å². The Hall–Kier alpha value is -0.830. The van der Waals surface area contributed by atoms with Gasteiger partial charge in [-0.2, -0.15) is 5.10 Å². The van der Waals surface area contributed by atoms with Crippen molar-refractivity contribution in [3.63, 3.8) is 0 Å². The van der Waals surface area contributed by atoms with E-state index in [-0.39, 0.29) is 0 Å². The van der Waals surface area contributed by atoms with Crippen LogP contribution in [0.25, 0.3) is 0 Å². The molecule has 0 aliphatic carbocycles. The smallest absolute Gasteiger partial charge is 0.0537 e. The quantitative estimate of drug-likeness (QED) is 0.781. The largest absolute Gasteiger partial charge is 0.313 e. The van der Waals surface area contributed by atoms with Crippen LogP contribution in [0.3, 0.4) is 0 Å². The first-order valence-corrected chi connectivity index (χ1v) is 5.44. The van der Waals surface area contributed by atoms with Crippen molar-refractivity contribution >= 4 is 0 Å². The van der Waals surface area contributed by atoms with Gasteiger partial charge in [0.05, 0.1) is 6.20 Å². The van der Waals surface area contributed by atoms with Crippen molar-refractivity contribution in [1.29, 1.82) is 0 Å². The lowest BCUT2D eigenvalue weighted by molar-refractivity contribution is 0.466. The van der Waals surface area contributed by atoms with Gasteiger partial charge in [-0.25, -0.2) is 0 Å². The highest BCUT2D eigenvalue weighted by atomic mass is 15.3. The Bertz CT molecular complexity index is 278. The summed E-state index contributed by atoms with van der Waals surface area (Å²) in [5, 5.41) is 7.74. The third-order valence-corrected chi connectivity index (χ3v) is 2.72. The molecule has 1 aromatic rings. The number of nitrogens with one attached hydrogen (secondary N) is 1. The van der Waals surface area contributed by atoms with Gasteiger partial charge < -0.3 is 5.32 Å². The molecular formula is C11H21N3. The Balaban J connectivity index is 2.74. The van der Waals surface area contributed by atoms with Crippen LogP contribution in [-0.2, 0) is 6.54 Å². The molecular weight excluding hydrogens is 174 g/mol. The van der Waals surface area contributed by atoms with Crippen molar-refractivity contribution in [3.05, 3.63) is 17.5 Å². The van der Waals surface area contributed by atoms with E-state index in [9.17, 15) is 0 Å². The topological polar surface area (TPSA) is 29.9 Å². The minimum absolute atomic E-state index is 0.505. The van der Waals surface area contributed by atoms with Crippen LogP contribution < -0.4 is 5.32 Å². The highest BCUT2D eigenvalue weighted by Gasteiger charge is 2.09. The van der Waals surface area contributed by atoms with Crippen molar-refractivity contribution in [2.24, 2.45) is 0 Å². The number of hydrogen-bond donors (Lipinski definition) is 1. The van der Waals surface area contributed by atoms with E-state index in [2.05, 4.69) is 42.8 Å². The van der Waals surface area contributed by atoms with Crippen LogP contribution in [0.5, 0.6) is 0 Å². The van der Waals surface area contributed by atoms with Gasteiger partial charge in [0, 0.05) is 23.8 Å². The molecule has 1 aromatic heterocycles. The van der Waals surface area contributed by atoms with Crippen LogP contribution in [-0.4, -0.2) is 16.3 Å². The molecule has 0 aliphatic rings. The fraction of sp³-hybridized carbons (Fsp3) is 0.727. The molecule has 0 radical (unpaired) electrons. The van der Waals surface area contributed by atoms with Gasteiger partial charge in [0.2, 0.25) is 0 Å². The highest BCUT2D eigenvalue weighted by Crippen LogP contribution is 2.15. The van der Waals surface area contributed by atoms with Crippen molar-refractivity contribution in [2.75, 3.05) is 6.54 Å². The van der Waals surface area contributed by atoms with E-state index in [1.165, 1.54) is 11.3 Å². The minimum Gasteiger partial charge on any atom is -0.313 e. The maximum atomic E-state index is 4.42. The number of hydrogen-bond acceptors (Lipinski definition) is 2. The van der Waals surface area contributed by atoms with Gasteiger partial charge in [0.25, 0.3) is 0 Å². The zero-order valence-electron chi connectivity index (χ0n) is 9.67. The Morgan fingerprint density at radius 1 is 1.50 bits per heavy atom. The molecule has 3 nitrogen and oxygen atoms in total. The fourth-order valence-electron chi connectivity index (χ4n) is 1.51. The zero-order valence-corrected chi connectivity index (χ0v) is 9.67. The average Bonchev–Trinajstić information content (AvgIpc) is 2.56. The van der Waals surface area contributed by atoms with Gasteiger partial charge in [-0.15, -0.1) is 0 Å². The third kappa shape index (κ3) is 2.35. The fourth-order valence-corrected chi connectivity index (χ4v) is 1.51. The first kappa shape index (κ1) is 11.2. The first-order chi connectivity index (χ1) is 6.70. The molecule has 0 bridgehead atoms. The highest BCUT2D eigenvalue weighted by molar-refractivity contribution is 5.16. The summed E-state index contributed by atoms with van der Waals surface area (Å²) in [5.41, 5.74) is 2.60. The Morgan fingerprint density at radius 3 is 2.79 bits per heavy atom. The molecule has 0 aliphatic heterocycles. The van der Waals surface area contributed by atoms with E-state index in [1.807, 2.05) is 6.20 Å². The summed E-state index contributed by atoms with van der Waals surface area (Å²) < 4.78 is 2.12. The number of aromatic nitrogens is 2. The van der Waals surface area contributed by atoms with Crippen molar-refractivity contribution in [2.45, 2.75) is 46.7 Å². The molecule has 0 spiro atoms. The molecule has 1 heterocycles. The molecule has 1 atom stereocenters. The van der Waals surface area contributed by atoms with Crippen molar-refractivity contribution < 1.29 is 0 Å². The van der Waals surface area contributed by atoms with Gasteiger partial charge in [-0.05, 0) is 26.8 Å². The normalized spacial score (nSPS) is 13.1. The lowest BCUT2D eigenvalue weighted by Crippen LogP contribution is -2.13. The predicted octanol–water partition coefficient (Wildman–Crippen LogP) is 2.27. The first-order valence-electron chi connectivity index (χ1n) is 5.44. The van der Waals surface area contributed by atoms with Crippen LogP contribution in [0.15, 0.2) is 6.20 Å². The van der Waals surface area contributed by atoms with E-state index >= 15 is 0 Å². The second kappa shape index (κ2) is 5.15. The SMILES string of the molecule is CCNCc1cnn(C(C)CC)c1C. The monoisotopic (exact) mass is 195 g/mol. The summed E-state index contributed by atoms with van der Waals surface area (Å²) in [6.45, 7) is 10.6. The summed E-state index contributed by atoms with van der Waals surface area (Å²) in [4.78, 5) is 0. The summed E-state index contributed by atoms with van der Waals surface area (Å²) in [6, 6.07) is 0.505. The molecule has 80 valence electrons. The molecule has 1 unspecified atom stereocenters. The third-order valence-electron chi connectivity index (χ3n) is 2.72. The molecule has 3 heteroatoms. The molecule has 0 saturated heterocycles. The molecule has 0 saturated carbocycles. The van der Waals surface area contributed by atoms with Gasteiger partial charge in [-0.3, -0.25) is 4.68 Å². The molecule has 1 N–H and O–H groups in total. The molecule has 0 aromatic carbocycles. The van der Waals surface area contributed by atoms with E-state index in [0.717, 1.165) is 19.5 Å². The lowest BCUT2D eigenvalue weighted by atomic mass is 10.2. The molecule has 1 rings (SSSR count). The average molecular weight is 195 g/mol. The molecule has 14 heavy (non-hydrogen) atoms. The summed E-state index contributed by atoms with van der Waals surface area (Å²) >= 11 is 0. The summed E-state index contributed by atoms with van der Waals surface area (Å²) in [7, 11) is 0. The second-order valence-corrected chi connectivity index (χ2v) is 3.74. The Labute approximate surface area is 86.5 Å². The van der Waals surface area contributed by atoms with Gasteiger partial charge in [0.1, 0.15) is 0 Å². The maximum Gasteiger partial charge on any atom is 0.0537 e. The van der Waals surface area contributed by atoms with E-state index < -0.39 is 0 Å². The van der Waals surface area contributed by atoms with E-state index in [0.29, 0.717) is 6.04 Å². The Kier molecular flexibility index (Phi) is 4.14. The van der Waals surface area contributed by atoms with Gasteiger partial charge in [0.15, 0.2) is 0 Å². The van der Waals surface area contributed by atoms with Gasteiger partial charge >= 0.3 is 0 Å². The number of rotatable bonds is 5. The Morgan fingerprint density at radius 2 is 2.21 bits per heavy atom.